The van der Waals surface area contributed by atoms with Gasteiger partial charge >= 0.3 is 5.97 Å². The minimum atomic E-state index is -0.958. The molecule has 3 atom stereocenters. The fourth-order valence-electron chi connectivity index (χ4n) is 2.64. The van der Waals surface area contributed by atoms with Crippen LogP contribution in [0.4, 0.5) is 5.69 Å². The Morgan fingerprint density at radius 1 is 1.37 bits per heavy atom. The maximum absolute atomic E-state index is 11.3. The molecule has 1 aromatic rings. The van der Waals surface area contributed by atoms with Crippen molar-refractivity contribution in [2.24, 2.45) is 5.73 Å². The van der Waals surface area contributed by atoms with E-state index < -0.39 is 18.2 Å². The Bertz CT molecular complexity index is 560. The number of aliphatic carboxylic acids is 1. The normalized spacial score (nSPS) is 29.1. The molecule has 1 aromatic carbocycles. The van der Waals surface area contributed by atoms with E-state index in [1.54, 1.807) is 12.1 Å². The summed E-state index contributed by atoms with van der Waals surface area (Å²) >= 11 is 0. The van der Waals surface area contributed by atoms with Gasteiger partial charge in [-0.05, 0) is 17.2 Å². The lowest BCUT2D eigenvalue weighted by Crippen LogP contribution is -2.39. The van der Waals surface area contributed by atoms with E-state index in [2.05, 4.69) is 16.2 Å². The van der Waals surface area contributed by atoms with Gasteiger partial charge in [0.1, 0.15) is 6.04 Å². The largest absolute Gasteiger partial charge is 0.480 e. The highest BCUT2D eigenvalue weighted by atomic mass is 16.4. The number of hydrogen-bond acceptors (Lipinski definition) is 5. The molecule has 19 heavy (non-hydrogen) atoms. The number of nitrogens with one attached hydrogen (secondary N) is 3. The van der Waals surface area contributed by atoms with Crippen LogP contribution in [0.25, 0.3) is 0 Å². The molecule has 3 unspecified atom stereocenters. The Morgan fingerprint density at radius 3 is 2.89 bits per heavy atom. The van der Waals surface area contributed by atoms with Crippen molar-refractivity contribution in [3.63, 3.8) is 0 Å². The molecule has 1 saturated heterocycles. The molecule has 3 rings (SSSR count). The van der Waals surface area contributed by atoms with Gasteiger partial charge in [-0.25, -0.2) is 10.9 Å². The molecule has 2 aliphatic rings. The standard InChI is InChI=1S/C12H14N4O3/c13-11-9(10(12(18)19)15-16-11)5-1-2-7-6(3-5)4-8(17)14-7/h1-3,9-11,15-16H,4,13H2,(H,14,17)(H,18,19). The number of amides is 1. The van der Waals surface area contributed by atoms with Crippen LogP contribution in [-0.4, -0.2) is 29.2 Å². The first kappa shape index (κ1) is 12.1. The maximum atomic E-state index is 11.3. The van der Waals surface area contributed by atoms with Crippen LogP contribution in [0.5, 0.6) is 0 Å². The van der Waals surface area contributed by atoms with Crippen molar-refractivity contribution in [3.8, 4) is 0 Å². The first-order chi connectivity index (χ1) is 9.06. The number of hydrazine groups is 1. The molecule has 1 fully saturated rings. The van der Waals surface area contributed by atoms with Crippen LogP contribution in [0.3, 0.4) is 0 Å². The number of nitrogens with two attached hydrogens (primary N) is 1. The molecule has 0 spiro atoms. The Labute approximate surface area is 109 Å². The highest BCUT2D eigenvalue weighted by Crippen LogP contribution is 2.31. The lowest BCUT2D eigenvalue weighted by Gasteiger charge is -2.19. The van der Waals surface area contributed by atoms with E-state index in [-0.39, 0.29) is 11.8 Å². The van der Waals surface area contributed by atoms with Gasteiger partial charge in [-0.1, -0.05) is 12.1 Å². The third-order valence-electron chi connectivity index (χ3n) is 3.56. The molecule has 0 radical (unpaired) electrons. The molecule has 0 bridgehead atoms. The summed E-state index contributed by atoms with van der Waals surface area (Å²) in [7, 11) is 0. The number of fused-ring (bicyclic) bond motifs is 1. The molecule has 0 saturated carbocycles. The smallest absolute Gasteiger partial charge is 0.322 e. The first-order valence-corrected chi connectivity index (χ1v) is 5.98. The minimum absolute atomic E-state index is 0.0473. The molecule has 0 aliphatic carbocycles. The molecule has 100 valence electrons. The summed E-state index contributed by atoms with van der Waals surface area (Å²) in [6, 6.07) is 4.67. The number of rotatable bonds is 2. The number of carbonyl (C=O) groups is 2. The number of carbonyl (C=O) groups excluding carboxylic acids is 1. The highest BCUT2D eigenvalue weighted by molar-refractivity contribution is 5.99. The van der Waals surface area contributed by atoms with Crippen molar-refractivity contribution in [1.29, 1.82) is 0 Å². The molecular formula is C12H14N4O3. The first-order valence-electron chi connectivity index (χ1n) is 5.98. The van der Waals surface area contributed by atoms with Crippen LogP contribution in [0, 0.1) is 0 Å². The van der Waals surface area contributed by atoms with E-state index in [0.29, 0.717) is 6.42 Å². The van der Waals surface area contributed by atoms with Crippen LogP contribution in [0.15, 0.2) is 18.2 Å². The topological polar surface area (TPSA) is 116 Å². The van der Waals surface area contributed by atoms with Crippen LogP contribution in [-0.2, 0) is 16.0 Å². The van der Waals surface area contributed by atoms with Crippen molar-refractivity contribution in [3.05, 3.63) is 29.3 Å². The maximum Gasteiger partial charge on any atom is 0.322 e. The number of carboxylic acid groups (broad SMARTS) is 1. The van der Waals surface area contributed by atoms with Gasteiger partial charge in [0.25, 0.3) is 0 Å². The SMILES string of the molecule is NC1NNC(C(=O)O)C1c1ccc2c(c1)CC(=O)N2. The summed E-state index contributed by atoms with van der Waals surface area (Å²) in [5, 5.41) is 11.9. The Morgan fingerprint density at radius 2 is 2.16 bits per heavy atom. The number of hydrogen-bond donors (Lipinski definition) is 5. The van der Waals surface area contributed by atoms with Gasteiger partial charge in [0.2, 0.25) is 5.91 Å². The zero-order chi connectivity index (χ0) is 13.6. The quantitative estimate of drug-likeness (QED) is 0.472. The zero-order valence-corrected chi connectivity index (χ0v) is 10.0. The Hall–Kier alpha value is -1.96. The van der Waals surface area contributed by atoms with E-state index in [1.807, 2.05) is 6.07 Å². The molecule has 6 N–H and O–H groups in total. The van der Waals surface area contributed by atoms with Gasteiger partial charge < -0.3 is 16.2 Å². The van der Waals surface area contributed by atoms with Gasteiger partial charge in [-0.15, -0.1) is 0 Å². The van der Waals surface area contributed by atoms with Gasteiger partial charge in [-0.2, -0.15) is 0 Å². The Kier molecular flexibility index (Phi) is 2.74. The fourth-order valence-corrected chi connectivity index (χ4v) is 2.64. The highest BCUT2D eigenvalue weighted by Gasteiger charge is 2.39. The summed E-state index contributed by atoms with van der Waals surface area (Å²) in [5.41, 5.74) is 13.8. The van der Waals surface area contributed by atoms with Crippen molar-refractivity contribution < 1.29 is 14.7 Å². The molecule has 7 heteroatoms. The average Bonchev–Trinajstić information content (AvgIpc) is 2.89. The molecule has 0 aromatic heterocycles. The van der Waals surface area contributed by atoms with Crippen molar-refractivity contribution in [1.82, 2.24) is 10.9 Å². The summed E-state index contributed by atoms with van der Waals surface area (Å²) in [6.07, 6.45) is -0.159. The average molecular weight is 262 g/mol. The van der Waals surface area contributed by atoms with Gasteiger partial charge in [0, 0.05) is 11.6 Å². The predicted molar refractivity (Wildman–Crippen MR) is 67.2 cm³/mol. The third kappa shape index (κ3) is 1.97. The Balaban J connectivity index is 1.95. The van der Waals surface area contributed by atoms with Crippen LogP contribution < -0.4 is 21.9 Å². The number of carboxylic acids is 1. The monoisotopic (exact) mass is 262 g/mol. The summed E-state index contributed by atoms with van der Waals surface area (Å²) in [5.74, 6) is -1.38. The molecule has 7 nitrogen and oxygen atoms in total. The summed E-state index contributed by atoms with van der Waals surface area (Å²) in [6.45, 7) is 0. The van der Waals surface area contributed by atoms with Crippen LogP contribution in [0.1, 0.15) is 17.0 Å². The lowest BCUT2D eigenvalue weighted by atomic mass is 9.89. The molecular weight excluding hydrogens is 248 g/mol. The molecule has 1 amide bonds. The predicted octanol–water partition coefficient (Wildman–Crippen LogP) is -0.889. The van der Waals surface area contributed by atoms with Crippen molar-refractivity contribution in [2.45, 2.75) is 24.5 Å². The zero-order valence-electron chi connectivity index (χ0n) is 10.0. The van der Waals surface area contributed by atoms with Gasteiger partial charge in [-0.3, -0.25) is 9.59 Å². The second-order valence-electron chi connectivity index (χ2n) is 4.80. The summed E-state index contributed by atoms with van der Waals surface area (Å²) < 4.78 is 0. The number of anilines is 1. The van der Waals surface area contributed by atoms with Crippen molar-refractivity contribution >= 4 is 17.6 Å². The summed E-state index contributed by atoms with van der Waals surface area (Å²) in [4.78, 5) is 22.5. The van der Waals surface area contributed by atoms with E-state index in [9.17, 15) is 14.7 Å². The van der Waals surface area contributed by atoms with E-state index >= 15 is 0 Å². The van der Waals surface area contributed by atoms with E-state index in [4.69, 9.17) is 5.73 Å². The van der Waals surface area contributed by atoms with E-state index in [0.717, 1.165) is 16.8 Å². The molecule has 2 heterocycles. The second-order valence-corrected chi connectivity index (χ2v) is 4.80. The third-order valence-corrected chi connectivity index (χ3v) is 3.56. The van der Waals surface area contributed by atoms with Gasteiger partial charge in [0.15, 0.2) is 0 Å². The van der Waals surface area contributed by atoms with E-state index in [1.165, 1.54) is 0 Å². The second kappa shape index (κ2) is 4.30. The fraction of sp³-hybridized carbons (Fsp3) is 0.333. The van der Waals surface area contributed by atoms with Crippen LogP contribution >= 0.6 is 0 Å². The van der Waals surface area contributed by atoms with Crippen LogP contribution in [0.2, 0.25) is 0 Å². The minimum Gasteiger partial charge on any atom is -0.480 e. The van der Waals surface area contributed by atoms with Crippen molar-refractivity contribution in [2.75, 3.05) is 5.32 Å². The van der Waals surface area contributed by atoms with Gasteiger partial charge in [0.05, 0.1) is 12.6 Å². The molecule has 2 aliphatic heterocycles. The number of benzene rings is 1. The lowest BCUT2D eigenvalue weighted by molar-refractivity contribution is -0.139.